The number of ether oxygens (including phenoxy) is 1. The summed E-state index contributed by atoms with van der Waals surface area (Å²) in [4.78, 5) is 15.9. The summed E-state index contributed by atoms with van der Waals surface area (Å²) in [5.41, 5.74) is 0.273. The minimum Gasteiger partial charge on any atom is -0.385 e. The van der Waals surface area contributed by atoms with Crippen molar-refractivity contribution in [2.75, 3.05) is 13.7 Å². The number of carbonyl (C=O) groups is 1. The molecule has 1 rings (SSSR count). The maximum Gasteiger partial charge on any atom is 0.185 e. The number of rotatable bonds is 5. The average molecular weight is 262 g/mol. The second-order valence-electron chi connectivity index (χ2n) is 3.53. The summed E-state index contributed by atoms with van der Waals surface area (Å²) >= 11 is 11.6. The van der Waals surface area contributed by atoms with Crippen LogP contribution in [-0.2, 0) is 4.74 Å². The fraction of sp³-hybridized carbons (Fsp3) is 0.455. The zero-order chi connectivity index (χ0) is 12.1. The summed E-state index contributed by atoms with van der Waals surface area (Å²) in [7, 11) is 1.60. The molecular weight excluding hydrogens is 249 g/mol. The van der Waals surface area contributed by atoms with Crippen LogP contribution in [-0.4, -0.2) is 24.5 Å². The first-order valence-electron chi connectivity index (χ1n) is 4.90. The van der Waals surface area contributed by atoms with Gasteiger partial charge in [0, 0.05) is 25.8 Å². The Hall–Kier alpha value is -0.640. The fourth-order valence-corrected chi connectivity index (χ4v) is 1.73. The van der Waals surface area contributed by atoms with Crippen LogP contribution in [0.3, 0.4) is 0 Å². The lowest BCUT2D eigenvalue weighted by atomic mass is 10.0. The second kappa shape index (κ2) is 6.18. The van der Waals surface area contributed by atoms with E-state index in [1.54, 1.807) is 7.11 Å². The lowest BCUT2D eigenvalue weighted by molar-refractivity contribution is 0.0889. The molecule has 3 nitrogen and oxygen atoms in total. The van der Waals surface area contributed by atoms with Gasteiger partial charge in [-0.05, 0) is 12.5 Å². The van der Waals surface area contributed by atoms with Gasteiger partial charge in [0.15, 0.2) is 5.78 Å². The van der Waals surface area contributed by atoms with E-state index >= 15 is 0 Å². The van der Waals surface area contributed by atoms with Crippen molar-refractivity contribution in [3.05, 3.63) is 28.0 Å². The Morgan fingerprint density at radius 2 is 2.25 bits per heavy atom. The molecule has 1 unspecified atom stereocenters. The third kappa shape index (κ3) is 3.44. The van der Waals surface area contributed by atoms with Crippen LogP contribution in [0.2, 0.25) is 10.0 Å². The smallest absolute Gasteiger partial charge is 0.185 e. The van der Waals surface area contributed by atoms with Crippen LogP contribution in [0.25, 0.3) is 0 Å². The highest BCUT2D eigenvalue weighted by Gasteiger charge is 2.19. The van der Waals surface area contributed by atoms with Crippen molar-refractivity contribution in [1.82, 2.24) is 4.98 Å². The average Bonchev–Trinajstić information content (AvgIpc) is 2.25. The van der Waals surface area contributed by atoms with Crippen LogP contribution >= 0.6 is 23.2 Å². The third-order valence-corrected chi connectivity index (χ3v) is 2.74. The lowest BCUT2D eigenvalue weighted by Crippen LogP contribution is -2.15. The molecule has 1 aromatic heterocycles. The standard InChI is InChI=1S/C11H13Cl2NO2/c1-7(3-4-16-2)11(15)10-9(13)5-8(12)6-14-10/h5-7H,3-4H2,1-2H3. The van der Waals surface area contributed by atoms with Crippen LogP contribution in [0.4, 0.5) is 0 Å². The van der Waals surface area contributed by atoms with Gasteiger partial charge in [-0.3, -0.25) is 4.79 Å². The Labute approximate surface area is 105 Å². The Morgan fingerprint density at radius 3 is 2.81 bits per heavy atom. The molecule has 0 fully saturated rings. The molecule has 0 amide bonds. The van der Waals surface area contributed by atoms with Crippen molar-refractivity contribution in [2.24, 2.45) is 5.92 Å². The number of aromatic nitrogens is 1. The molecule has 16 heavy (non-hydrogen) atoms. The van der Waals surface area contributed by atoms with E-state index in [9.17, 15) is 4.79 Å². The van der Waals surface area contributed by atoms with Crippen LogP contribution in [0.15, 0.2) is 12.3 Å². The molecule has 0 spiro atoms. The molecular formula is C11H13Cl2NO2. The van der Waals surface area contributed by atoms with E-state index in [2.05, 4.69) is 4.98 Å². The summed E-state index contributed by atoms with van der Waals surface area (Å²) in [6.07, 6.45) is 2.07. The van der Waals surface area contributed by atoms with E-state index in [4.69, 9.17) is 27.9 Å². The quantitative estimate of drug-likeness (QED) is 0.764. The molecule has 5 heteroatoms. The monoisotopic (exact) mass is 261 g/mol. The first-order chi connectivity index (χ1) is 7.56. The molecule has 0 bridgehead atoms. The Bertz CT molecular complexity index is 382. The van der Waals surface area contributed by atoms with Gasteiger partial charge < -0.3 is 4.74 Å². The molecule has 0 radical (unpaired) electrons. The number of halogens is 2. The van der Waals surface area contributed by atoms with E-state index in [1.807, 2.05) is 6.92 Å². The summed E-state index contributed by atoms with van der Waals surface area (Å²) in [6, 6.07) is 1.52. The molecule has 0 saturated heterocycles. The van der Waals surface area contributed by atoms with Gasteiger partial charge in [0.1, 0.15) is 5.69 Å². The molecule has 0 aromatic carbocycles. The second-order valence-corrected chi connectivity index (χ2v) is 4.37. The number of carbonyl (C=O) groups excluding carboxylic acids is 1. The molecule has 88 valence electrons. The maximum absolute atomic E-state index is 11.9. The molecule has 0 aliphatic carbocycles. The first-order valence-corrected chi connectivity index (χ1v) is 5.66. The molecule has 0 aliphatic heterocycles. The Balaban J connectivity index is 2.79. The normalized spacial score (nSPS) is 12.5. The molecule has 1 heterocycles. The highest BCUT2D eigenvalue weighted by atomic mass is 35.5. The summed E-state index contributed by atoms with van der Waals surface area (Å²) in [6.45, 7) is 2.37. The minimum absolute atomic E-state index is 0.0845. The predicted octanol–water partition coefficient (Wildman–Crippen LogP) is 3.24. The zero-order valence-electron chi connectivity index (χ0n) is 9.17. The van der Waals surface area contributed by atoms with Crippen molar-refractivity contribution in [1.29, 1.82) is 0 Å². The third-order valence-electron chi connectivity index (χ3n) is 2.24. The fourth-order valence-electron chi connectivity index (χ4n) is 1.25. The summed E-state index contributed by atoms with van der Waals surface area (Å²) in [5.74, 6) is -0.246. The maximum atomic E-state index is 11.9. The minimum atomic E-state index is -0.161. The van der Waals surface area contributed by atoms with E-state index < -0.39 is 0 Å². The number of methoxy groups -OCH3 is 1. The van der Waals surface area contributed by atoms with Gasteiger partial charge in [-0.25, -0.2) is 4.98 Å². The van der Waals surface area contributed by atoms with Crippen LogP contribution in [0.5, 0.6) is 0 Å². The first kappa shape index (κ1) is 13.4. The van der Waals surface area contributed by atoms with Gasteiger partial charge in [0.05, 0.1) is 10.0 Å². The van der Waals surface area contributed by atoms with E-state index in [1.165, 1.54) is 12.3 Å². The largest absolute Gasteiger partial charge is 0.385 e. The van der Waals surface area contributed by atoms with Gasteiger partial charge in [0.25, 0.3) is 0 Å². The predicted molar refractivity (Wildman–Crippen MR) is 64.2 cm³/mol. The summed E-state index contributed by atoms with van der Waals surface area (Å²) < 4.78 is 4.92. The van der Waals surface area contributed by atoms with Gasteiger partial charge in [-0.1, -0.05) is 30.1 Å². The van der Waals surface area contributed by atoms with Crippen LogP contribution in [0.1, 0.15) is 23.8 Å². The number of nitrogens with zero attached hydrogens (tertiary/aromatic N) is 1. The van der Waals surface area contributed by atoms with Crippen molar-refractivity contribution < 1.29 is 9.53 Å². The van der Waals surface area contributed by atoms with Gasteiger partial charge >= 0.3 is 0 Å². The Kier molecular flexibility index (Phi) is 5.19. The van der Waals surface area contributed by atoms with Gasteiger partial charge in [-0.2, -0.15) is 0 Å². The number of hydrogen-bond donors (Lipinski definition) is 0. The molecule has 0 saturated carbocycles. The van der Waals surface area contributed by atoms with E-state index in [0.29, 0.717) is 23.1 Å². The molecule has 1 aromatic rings. The molecule has 1 atom stereocenters. The van der Waals surface area contributed by atoms with E-state index in [-0.39, 0.29) is 17.4 Å². The SMILES string of the molecule is COCCC(C)C(=O)c1ncc(Cl)cc1Cl. The van der Waals surface area contributed by atoms with Gasteiger partial charge in [0.2, 0.25) is 0 Å². The number of ketones is 1. The van der Waals surface area contributed by atoms with Crippen molar-refractivity contribution in [3.63, 3.8) is 0 Å². The van der Waals surface area contributed by atoms with Gasteiger partial charge in [-0.15, -0.1) is 0 Å². The topological polar surface area (TPSA) is 39.2 Å². The van der Waals surface area contributed by atoms with E-state index in [0.717, 1.165) is 0 Å². The van der Waals surface area contributed by atoms with Crippen LogP contribution < -0.4 is 0 Å². The summed E-state index contributed by atoms with van der Waals surface area (Å²) in [5, 5.41) is 0.716. The highest BCUT2D eigenvalue weighted by molar-refractivity contribution is 6.36. The van der Waals surface area contributed by atoms with Crippen molar-refractivity contribution >= 4 is 29.0 Å². The molecule has 0 N–H and O–H groups in total. The zero-order valence-corrected chi connectivity index (χ0v) is 10.7. The molecule has 0 aliphatic rings. The van der Waals surface area contributed by atoms with Crippen molar-refractivity contribution in [3.8, 4) is 0 Å². The number of hydrogen-bond acceptors (Lipinski definition) is 3. The lowest BCUT2D eigenvalue weighted by Gasteiger charge is -2.10. The highest BCUT2D eigenvalue weighted by Crippen LogP contribution is 2.21. The Morgan fingerprint density at radius 1 is 1.56 bits per heavy atom. The van der Waals surface area contributed by atoms with Crippen molar-refractivity contribution in [2.45, 2.75) is 13.3 Å². The van der Waals surface area contributed by atoms with Crippen LogP contribution in [0, 0.1) is 5.92 Å². The number of pyridine rings is 1. The number of Topliss-reactive ketones (excluding diaryl/α,β-unsaturated/α-hetero) is 1.